The summed E-state index contributed by atoms with van der Waals surface area (Å²) in [5.41, 5.74) is 9.19. The molecule has 0 bridgehead atoms. The van der Waals surface area contributed by atoms with Gasteiger partial charge in [0, 0.05) is 29.8 Å². The number of hydrogen-bond acceptors (Lipinski definition) is 6. The molecule has 4 aromatic rings. The molecule has 0 unspecified atom stereocenters. The molecular formula is C19H16FN5O2S. The van der Waals surface area contributed by atoms with E-state index in [9.17, 15) is 12.8 Å². The second-order valence-electron chi connectivity index (χ2n) is 6.45. The molecule has 4 rings (SSSR count). The van der Waals surface area contributed by atoms with Crippen molar-refractivity contribution in [2.45, 2.75) is 11.8 Å². The monoisotopic (exact) mass is 397 g/mol. The summed E-state index contributed by atoms with van der Waals surface area (Å²) in [6, 6.07) is 6.40. The largest absolute Gasteiger partial charge is 0.381 e. The third-order valence-corrected chi connectivity index (χ3v) is 5.59. The van der Waals surface area contributed by atoms with E-state index in [1.165, 1.54) is 12.3 Å². The highest BCUT2D eigenvalue weighted by Gasteiger charge is 2.17. The van der Waals surface area contributed by atoms with Gasteiger partial charge in [-0.2, -0.15) is 0 Å². The van der Waals surface area contributed by atoms with Crippen LogP contribution >= 0.6 is 0 Å². The second kappa shape index (κ2) is 6.38. The molecule has 0 aliphatic heterocycles. The molecule has 0 aliphatic carbocycles. The first kappa shape index (κ1) is 18.1. The van der Waals surface area contributed by atoms with Gasteiger partial charge in [0.15, 0.2) is 27.1 Å². The van der Waals surface area contributed by atoms with Crippen molar-refractivity contribution in [1.82, 2.24) is 19.4 Å². The number of hydrogen-bond donors (Lipinski definition) is 1. The first-order valence-electron chi connectivity index (χ1n) is 8.30. The molecular weight excluding hydrogens is 381 g/mol. The van der Waals surface area contributed by atoms with Gasteiger partial charge in [-0.05, 0) is 30.7 Å². The predicted molar refractivity (Wildman–Crippen MR) is 104 cm³/mol. The predicted octanol–water partition coefficient (Wildman–Crippen LogP) is 2.89. The van der Waals surface area contributed by atoms with E-state index < -0.39 is 15.7 Å². The number of sulfone groups is 1. The summed E-state index contributed by atoms with van der Waals surface area (Å²) in [6.45, 7) is 1.87. The number of benzene rings is 1. The fraction of sp³-hybridized carbons (Fsp3) is 0.105. The van der Waals surface area contributed by atoms with E-state index in [0.717, 1.165) is 18.0 Å². The van der Waals surface area contributed by atoms with Crippen LogP contribution in [0.5, 0.6) is 0 Å². The minimum absolute atomic E-state index is 0.136. The third kappa shape index (κ3) is 2.99. The van der Waals surface area contributed by atoms with Crippen LogP contribution in [0.3, 0.4) is 0 Å². The first-order chi connectivity index (χ1) is 13.3. The molecule has 3 aromatic heterocycles. The molecule has 0 spiro atoms. The molecule has 0 fully saturated rings. The van der Waals surface area contributed by atoms with Crippen LogP contribution in [0, 0.1) is 12.7 Å². The summed E-state index contributed by atoms with van der Waals surface area (Å²) in [5.74, 6) is -0.387. The maximum absolute atomic E-state index is 14.2. The van der Waals surface area contributed by atoms with Crippen LogP contribution in [0.25, 0.3) is 28.2 Å². The van der Waals surface area contributed by atoms with E-state index in [-0.39, 0.29) is 16.3 Å². The van der Waals surface area contributed by atoms with E-state index in [2.05, 4.69) is 15.0 Å². The maximum atomic E-state index is 14.2. The zero-order valence-electron chi connectivity index (χ0n) is 15.1. The SMILES string of the molecule is Cc1ccc(S(C)(=O)=O)cc1-c1cnc2c(N)nc(-c3ccncc3F)cn12. The summed E-state index contributed by atoms with van der Waals surface area (Å²) < 4.78 is 39.8. The highest BCUT2D eigenvalue weighted by Crippen LogP contribution is 2.30. The Morgan fingerprint density at radius 1 is 1.14 bits per heavy atom. The molecule has 9 heteroatoms. The Labute approximate surface area is 160 Å². The Kier molecular flexibility index (Phi) is 4.11. The molecule has 1 aromatic carbocycles. The Hall–Kier alpha value is -3.33. The summed E-state index contributed by atoms with van der Waals surface area (Å²) in [4.78, 5) is 12.5. The second-order valence-corrected chi connectivity index (χ2v) is 8.47. The number of halogens is 1. The molecule has 7 nitrogen and oxygen atoms in total. The van der Waals surface area contributed by atoms with Crippen molar-refractivity contribution in [3.05, 3.63) is 60.4 Å². The van der Waals surface area contributed by atoms with Crippen LogP contribution < -0.4 is 5.73 Å². The molecule has 0 saturated heterocycles. The third-order valence-electron chi connectivity index (χ3n) is 4.48. The smallest absolute Gasteiger partial charge is 0.180 e. The average Bonchev–Trinajstić information content (AvgIpc) is 3.06. The van der Waals surface area contributed by atoms with E-state index in [0.29, 0.717) is 22.6 Å². The van der Waals surface area contributed by atoms with E-state index in [1.807, 2.05) is 6.92 Å². The van der Waals surface area contributed by atoms with Gasteiger partial charge in [-0.25, -0.2) is 22.8 Å². The molecule has 3 heterocycles. The molecule has 0 amide bonds. The standard InChI is InChI=1S/C19H16FN5O2S/c1-11-3-4-12(28(2,26)27)7-14(11)17-9-23-19-18(21)24-16(10-25(17)19)13-5-6-22-8-15(13)20/h3-10H,1-2H3,(H2,21,24). The molecule has 0 atom stereocenters. The van der Waals surface area contributed by atoms with Crippen LogP contribution in [-0.2, 0) is 9.84 Å². The summed E-state index contributed by atoms with van der Waals surface area (Å²) in [6.07, 6.45) is 6.94. The Morgan fingerprint density at radius 3 is 2.64 bits per heavy atom. The van der Waals surface area contributed by atoms with E-state index >= 15 is 0 Å². The highest BCUT2D eigenvalue weighted by molar-refractivity contribution is 7.90. The zero-order valence-corrected chi connectivity index (χ0v) is 15.9. The number of rotatable bonds is 3. The summed E-state index contributed by atoms with van der Waals surface area (Å²) in [7, 11) is -3.37. The molecule has 142 valence electrons. The van der Waals surface area contributed by atoms with Crippen molar-refractivity contribution in [3.63, 3.8) is 0 Å². The lowest BCUT2D eigenvalue weighted by molar-refractivity contribution is 0.602. The fourth-order valence-electron chi connectivity index (χ4n) is 3.03. The Bertz CT molecular complexity index is 1330. The number of nitrogens with zero attached hydrogens (tertiary/aromatic N) is 4. The van der Waals surface area contributed by atoms with Crippen molar-refractivity contribution in [1.29, 1.82) is 0 Å². The van der Waals surface area contributed by atoms with Crippen molar-refractivity contribution >= 4 is 21.3 Å². The topological polar surface area (TPSA) is 103 Å². The Balaban J connectivity index is 1.99. The minimum Gasteiger partial charge on any atom is -0.381 e. The van der Waals surface area contributed by atoms with Gasteiger partial charge in [0.05, 0.1) is 28.7 Å². The first-order valence-corrected chi connectivity index (χ1v) is 10.2. The quantitative estimate of drug-likeness (QED) is 0.570. The molecule has 0 aliphatic rings. The van der Waals surface area contributed by atoms with Gasteiger partial charge in [0.1, 0.15) is 0 Å². The Morgan fingerprint density at radius 2 is 1.93 bits per heavy atom. The van der Waals surface area contributed by atoms with Crippen LogP contribution in [0.15, 0.2) is 53.9 Å². The maximum Gasteiger partial charge on any atom is 0.180 e. The lowest BCUT2D eigenvalue weighted by Gasteiger charge is -2.10. The van der Waals surface area contributed by atoms with Gasteiger partial charge in [-0.3, -0.25) is 9.38 Å². The number of anilines is 1. The van der Waals surface area contributed by atoms with Gasteiger partial charge < -0.3 is 5.73 Å². The number of nitrogen functional groups attached to an aromatic ring is 1. The van der Waals surface area contributed by atoms with E-state index in [4.69, 9.17) is 5.73 Å². The van der Waals surface area contributed by atoms with Gasteiger partial charge in [0.2, 0.25) is 0 Å². The number of nitrogens with two attached hydrogens (primary N) is 1. The highest BCUT2D eigenvalue weighted by atomic mass is 32.2. The van der Waals surface area contributed by atoms with Gasteiger partial charge in [-0.15, -0.1) is 0 Å². The van der Waals surface area contributed by atoms with Gasteiger partial charge >= 0.3 is 0 Å². The van der Waals surface area contributed by atoms with Crippen LogP contribution in [0.1, 0.15) is 5.56 Å². The number of aromatic nitrogens is 4. The van der Waals surface area contributed by atoms with Crippen LogP contribution in [0.4, 0.5) is 10.2 Å². The molecule has 2 N–H and O–H groups in total. The lowest BCUT2D eigenvalue weighted by atomic mass is 10.1. The van der Waals surface area contributed by atoms with Crippen molar-refractivity contribution in [2.24, 2.45) is 0 Å². The normalized spacial score (nSPS) is 11.8. The lowest BCUT2D eigenvalue weighted by Crippen LogP contribution is -2.02. The number of fused-ring (bicyclic) bond motifs is 1. The van der Waals surface area contributed by atoms with E-state index in [1.54, 1.807) is 35.0 Å². The summed E-state index contributed by atoms with van der Waals surface area (Å²) >= 11 is 0. The molecule has 0 saturated carbocycles. The number of aryl methyl sites for hydroxylation is 1. The zero-order chi connectivity index (χ0) is 20.1. The van der Waals surface area contributed by atoms with Gasteiger partial charge in [0.25, 0.3) is 0 Å². The van der Waals surface area contributed by atoms with Crippen LogP contribution in [-0.4, -0.2) is 34.0 Å². The number of pyridine rings is 1. The average molecular weight is 397 g/mol. The minimum atomic E-state index is -3.37. The molecule has 28 heavy (non-hydrogen) atoms. The van der Waals surface area contributed by atoms with Crippen molar-refractivity contribution in [2.75, 3.05) is 12.0 Å². The number of imidazole rings is 1. The van der Waals surface area contributed by atoms with Crippen molar-refractivity contribution in [3.8, 4) is 22.5 Å². The fourth-order valence-corrected chi connectivity index (χ4v) is 3.68. The summed E-state index contributed by atoms with van der Waals surface area (Å²) in [5, 5.41) is 0. The van der Waals surface area contributed by atoms with Crippen molar-refractivity contribution < 1.29 is 12.8 Å². The van der Waals surface area contributed by atoms with Crippen LogP contribution in [0.2, 0.25) is 0 Å². The van der Waals surface area contributed by atoms with Gasteiger partial charge in [-0.1, -0.05) is 6.07 Å². The molecule has 0 radical (unpaired) electrons.